The molecule has 1 aromatic heterocycles. The topological polar surface area (TPSA) is 3.24 Å². The summed E-state index contributed by atoms with van der Waals surface area (Å²) in [7, 11) is 0. The smallest absolute Gasteiger partial charge is 0.0520 e. The highest BCUT2D eigenvalue weighted by Gasteiger charge is 2.35. The first-order valence-corrected chi connectivity index (χ1v) is 21.4. The van der Waals surface area contributed by atoms with E-state index < -0.39 is 0 Å². The van der Waals surface area contributed by atoms with Gasteiger partial charge in [0.1, 0.15) is 0 Å². The number of hydrogen-bond donors (Lipinski definition) is 0. The quantitative estimate of drug-likeness (QED) is 0.163. The lowest BCUT2D eigenvalue weighted by molar-refractivity contribution is 0.660. The molecule has 1 aliphatic carbocycles. The number of fused-ring (bicyclic) bond motifs is 8. The molecule has 0 bridgehead atoms. The van der Waals surface area contributed by atoms with Crippen LogP contribution in [0.4, 0.5) is 17.1 Å². The number of benzene rings is 9. The van der Waals surface area contributed by atoms with Gasteiger partial charge in [0, 0.05) is 37.0 Å². The van der Waals surface area contributed by atoms with E-state index in [9.17, 15) is 0 Å². The summed E-state index contributed by atoms with van der Waals surface area (Å²) in [6, 6.07) is 69.8. The number of aryl methyl sites for hydroxylation is 2. The van der Waals surface area contributed by atoms with Gasteiger partial charge in [0.15, 0.2) is 0 Å². The molecule has 0 amide bonds. The number of hydrogen-bond acceptors (Lipinski definition) is 2. The van der Waals surface area contributed by atoms with Gasteiger partial charge in [-0.2, -0.15) is 0 Å². The number of nitrogens with zero attached hydrogens (tertiary/aromatic N) is 1. The van der Waals surface area contributed by atoms with Gasteiger partial charge in [-0.25, -0.2) is 0 Å². The highest BCUT2D eigenvalue weighted by molar-refractivity contribution is 7.27. The predicted octanol–water partition coefficient (Wildman–Crippen LogP) is 16.6. The lowest BCUT2D eigenvalue weighted by Gasteiger charge is -2.30. The summed E-state index contributed by atoms with van der Waals surface area (Å²) < 4.78 is 2.69. The second-order valence-electron chi connectivity index (χ2n) is 16.6. The fourth-order valence-electron chi connectivity index (χ4n) is 9.77. The van der Waals surface area contributed by atoms with E-state index in [1.54, 1.807) is 0 Å². The summed E-state index contributed by atoms with van der Waals surface area (Å²) in [6.45, 7) is 9.23. The Balaban J connectivity index is 1.04. The predicted molar refractivity (Wildman–Crippen MR) is 255 cm³/mol. The molecule has 0 saturated heterocycles. The summed E-state index contributed by atoms with van der Waals surface area (Å²) in [5, 5.41) is 5.26. The summed E-state index contributed by atoms with van der Waals surface area (Å²) in [5.41, 5.74) is 18.8. The van der Waals surface area contributed by atoms with Crippen molar-refractivity contribution >= 4 is 59.3 Å². The molecule has 282 valence electrons. The van der Waals surface area contributed by atoms with Crippen LogP contribution in [0.3, 0.4) is 0 Å². The molecule has 0 unspecified atom stereocenters. The molecule has 0 fully saturated rings. The van der Waals surface area contributed by atoms with Crippen LogP contribution in [0.2, 0.25) is 0 Å². The number of anilines is 3. The Morgan fingerprint density at radius 2 is 1.02 bits per heavy atom. The Morgan fingerprint density at radius 1 is 0.390 bits per heavy atom. The zero-order valence-corrected chi connectivity index (χ0v) is 34.6. The molecule has 1 aliphatic rings. The molecule has 1 heterocycles. The van der Waals surface area contributed by atoms with Crippen molar-refractivity contribution in [1.29, 1.82) is 0 Å². The van der Waals surface area contributed by atoms with Crippen LogP contribution in [0.1, 0.15) is 36.1 Å². The van der Waals surface area contributed by atoms with Gasteiger partial charge < -0.3 is 4.90 Å². The van der Waals surface area contributed by atoms with E-state index in [0.717, 1.165) is 11.4 Å². The van der Waals surface area contributed by atoms with Crippen molar-refractivity contribution in [3.63, 3.8) is 0 Å². The van der Waals surface area contributed by atoms with Crippen molar-refractivity contribution in [3.05, 3.63) is 210 Å². The molecule has 2 heteroatoms. The van der Waals surface area contributed by atoms with Gasteiger partial charge in [0.2, 0.25) is 0 Å². The van der Waals surface area contributed by atoms with Crippen LogP contribution in [0.15, 0.2) is 188 Å². The Labute approximate surface area is 350 Å². The zero-order chi connectivity index (χ0) is 39.8. The first kappa shape index (κ1) is 35.4. The molecule has 0 aliphatic heterocycles. The molecular weight excluding hydrogens is 731 g/mol. The molecule has 0 radical (unpaired) electrons. The van der Waals surface area contributed by atoms with E-state index in [0.29, 0.717) is 0 Å². The highest BCUT2D eigenvalue weighted by Crippen LogP contribution is 2.50. The second kappa shape index (κ2) is 13.7. The molecule has 0 atom stereocenters. The van der Waals surface area contributed by atoms with Crippen molar-refractivity contribution in [2.24, 2.45) is 0 Å². The minimum atomic E-state index is -0.0595. The van der Waals surface area contributed by atoms with Crippen LogP contribution in [0.25, 0.3) is 75.5 Å². The molecule has 9 aromatic carbocycles. The number of rotatable bonds is 6. The van der Waals surface area contributed by atoms with Crippen molar-refractivity contribution < 1.29 is 0 Å². The molecule has 10 aromatic rings. The largest absolute Gasteiger partial charge is 0.310 e. The van der Waals surface area contributed by atoms with Gasteiger partial charge in [-0.3, -0.25) is 0 Å². The van der Waals surface area contributed by atoms with Crippen molar-refractivity contribution in [1.82, 2.24) is 0 Å². The van der Waals surface area contributed by atoms with E-state index >= 15 is 0 Å². The Kier molecular flexibility index (Phi) is 8.22. The molecular formula is C57H43NS. The van der Waals surface area contributed by atoms with Crippen LogP contribution in [-0.2, 0) is 5.41 Å². The lowest BCUT2D eigenvalue weighted by Crippen LogP contribution is -2.15. The number of thiophene rings is 1. The van der Waals surface area contributed by atoms with E-state index in [2.05, 4.69) is 221 Å². The van der Waals surface area contributed by atoms with Crippen molar-refractivity contribution in [3.8, 4) is 44.5 Å². The summed E-state index contributed by atoms with van der Waals surface area (Å²) >= 11 is 1.91. The van der Waals surface area contributed by atoms with Crippen molar-refractivity contribution in [2.45, 2.75) is 33.1 Å². The fourth-order valence-corrected chi connectivity index (χ4v) is 11.1. The SMILES string of the molecule is Cc1cc(-c2ccccc2)cc(C)c1N(c1ccc(-c2cccc3c2sc2c4ccccc4ccc32)cc1)c1cccc(-c2ccc3c(c2)C(C)(C)c2ccccc2-3)c1. The van der Waals surface area contributed by atoms with Gasteiger partial charge in [-0.05, 0) is 134 Å². The lowest BCUT2D eigenvalue weighted by atomic mass is 9.81. The van der Waals surface area contributed by atoms with E-state index in [1.807, 2.05) is 11.3 Å². The molecule has 0 spiro atoms. The monoisotopic (exact) mass is 773 g/mol. The van der Waals surface area contributed by atoms with E-state index in [-0.39, 0.29) is 5.41 Å². The average molecular weight is 774 g/mol. The van der Waals surface area contributed by atoms with Gasteiger partial charge in [0.25, 0.3) is 0 Å². The third kappa shape index (κ3) is 5.74. The first-order valence-electron chi connectivity index (χ1n) is 20.6. The molecule has 0 N–H and O–H groups in total. The van der Waals surface area contributed by atoms with Gasteiger partial charge in [-0.1, -0.05) is 159 Å². The Bertz CT molecular complexity index is 3240. The minimum Gasteiger partial charge on any atom is -0.310 e. The average Bonchev–Trinajstić information content (AvgIpc) is 3.77. The maximum absolute atomic E-state index is 2.46. The van der Waals surface area contributed by atoms with Crippen LogP contribution in [0, 0.1) is 13.8 Å². The second-order valence-corrected chi connectivity index (χ2v) is 17.7. The summed E-state index contributed by atoms with van der Waals surface area (Å²) in [4.78, 5) is 2.46. The maximum atomic E-state index is 2.46. The molecule has 0 saturated carbocycles. The first-order chi connectivity index (χ1) is 28.8. The minimum absolute atomic E-state index is 0.0595. The highest BCUT2D eigenvalue weighted by atomic mass is 32.1. The summed E-state index contributed by atoms with van der Waals surface area (Å²) in [5.74, 6) is 0. The van der Waals surface area contributed by atoms with E-state index in [1.165, 1.54) is 103 Å². The molecule has 11 rings (SSSR count). The Morgan fingerprint density at radius 3 is 1.85 bits per heavy atom. The van der Waals surface area contributed by atoms with Crippen molar-refractivity contribution in [2.75, 3.05) is 4.90 Å². The van der Waals surface area contributed by atoms with Crippen LogP contribution in [0.5, 0.6) is 0 Å². The summed E-state index contributed by atoms with van der Waals surface area (Å²) in [6.07, 6.45) is 0. The molecule has 59 heavy (non-hydrogen) atoms. The van der Waals surface area contributed by atoms with Crippen LogP contribution in [-0.4, -0.2) is 0 Å². The third-order valence-corrected chi connectivity index (χ3v) is 14.0. The van der Waals surface area contributed by atoms with Gasteiger partial charge >= 0.3 is 0 Å². The van der Waals surface area contributed by atoms with Crippen LogP contribution < -0.4 is 4.90 Å². The maximum Gasteiger partial charge on any atom is 0.0520 e. The van der Waals surface area contributed by atoms with Gasteiger partial charge in [-0.15, -0.1) is 11.3 Å². The standard InChI is InChI=1S/C57H43NS/c1-36-32-43(38-14-6-5-7-15-38)33-37(2)54(36)58(45-18-12-17-41(34-45)42-27-30-49-48-20-10-11-23-52(48)57(3,4)53(49)35-42)44-28-24-40(25-29-44)47-21-13-22-50-51-31-26-39-16-8-9-19-46(39)56(51)59-55(47)50/h5-35H,1-4H3. The van der Waals surface area contributed by atoms with E-state index in [4.69, 9.17) is 0 Å². The fraction of sp³-hybridized carbons (Fsp3) is 0.0877. The Hall–Kier alpha value is -6.74. The normalized spacial score (nSPS) is 12.9. The van der Waals surface area contributed by atoms with Crippen LogP contribution >= 0.6 is 11.3 Å². The van der Waals surface area contributed by atoms with Gasteiger partial charge in [0.05, 0.1) is 5.69 Å². The third-order valence-electron chi connectivity index (χ3n) is 12.7. The molecule has 1 nitrogen and oxygen atoms in total. The zero-order valence-electron chi connectivity index (χ0n) is 33.8.